The average Bonchev–Trinajstić information content (AvgIpc) is 3.17. The van der Waals surface area contributed by atoms with E-state index in [0.717, 1.165) is 20.0 Å². The van der Waals surface area contributed by atoms with Crippen molar-refractivity contribution in [3.8, 4) is 10.7 Å². The molecule has 0 unspecified atom stereocenters. The first kappa shape index (κ1) is 16.3. The first-order valence-electron chi connectivity index (χ1n) is 6.88. The van der Waals surface area contributed by atoms with Gasteiger partial charge in [-0.3, -0.25) is 14.5 Å². The SMILES string of the molecule is O=C(CCn1c(-c2cccs2)n[nH]c1=S)Nc1ccc(I)cc1. The highest BCUT2D eigenvalue weighted by molar-refractivity contribution is 14.1. The summed E-state index contributed by atoms with van der Waals surface area (Å²) in [6.45, 7) is 0.485. The summed E-state index contributed by atoms with van der Waals surface area (Å²) in [5.41, 5.74) is 0.796. The summed E-state index contributed by atoms with van der Waals surface area (Å²) >= 11 is 9.08. The zero-order valence-corrected chi connectivity index (χ0v) is 15.7. The van der Waals surface area contributed by atoms with Gasteiger partial charge in [-0.05, 0) is 70.5 Å². The molecule has 23 heavy (non-hydrogen) atoms. The van der Waals surface area contributed by atoms with Gasteiger partial charge in [0.1, 0.15) is 0 Å². The fourth-order valence-corrected chi connectivity index (χ4v) is 3.39. The number of H-pyrrole nitrogens is 1. The van der Waals surface area contributed by atoms with Crippen LogP contribution in [0.4, 0.5) is 5.69 Å². The molecule has 3 rings (SSSR count). The summed E-state index contributed by atoms with van der Waals surface area (Å²) in [6, 6.07) is 11.6. The summed E-state index contributed by atoms with van der Waals surface area (Å²) in [5, 5.41) is 11.9. The molecule has 1 aromatic carbocycles. The van der Waals surface area contributed by atoms with Crippen LogP contribution in [0.2, 0.25) is 0 Å². The quantitative estimate of drug-likeness (QED) is 0.445. The van der Waals surface area contributed by atoms with Gasteiger partial charge in [-0.25, -0.2) is 0 Å². The Hall–Kier alpha value is -1.52. The predicted octanol–water partition coefficient (Wildman–Crippen LogP) is 4.30. The zero-order valence-electron chi connectivity index (χ0n) is 12.0. The number of aromatic nitrogens is 3. The van der Waals surface area contributed by atoms with Gasteiger partial charge >= 0.3 is 0 Å². The lowest BCUT2D eigenvalue weighted by Crippen LogP contribution is -2.15. The number of thiophene rings is 1. The molecular weight excluding hydrogens is 443 g/mol. The number of hydrogen-bond donors (Lipinski definition) is 2. The Balaban J connectivity index is 1.67. The zero-order chi connectivity index (χ0) is 16.2. The number of nitrogens with zero attached hydrogens (tertiary/aromatic N) is 2. The van der Waals surface area contributed by atoms with Gasteiger partial charge in [0.25, 0.3) is 0 Å². The molecule has 0 aliphatic heterocycles. The first-order valence-corrected chi connectivity index (χ1v) is 9.24. The Morgan fingerprint density at radius 2 is 2.13 bits per heavy atom. The van der Waals surface area contributed by atoms with E-state index in [1.54, 1.807) is 11.3 Å². The molecule has 0 saturated heterocycles. The second kappa shape index (κ2) is 7.37. The van der Waals surface area contributed by atoms with Crippen LogP contribution in [0.5, 0.6) is 0 Å². The van der Waals surface area contributed by atoms with Crippen molar-refractivity contribution < 1.29 is 4.79 Å². The number of amides is 1. The van der Waals surface area contributed by atoms with E-state index < -0.39 is 0 Å². The minimum atomic E-state index is -0.0496. The summed E-state index contributed by atoms with van der Waals surface area (Å²) < 4.78 is 3.51. The molecule has 0 aliphatic rings. The monoisotopic (exact) mass is 456 g/mol. The van der Waals surface area contributed by atoms with Gasteiger partial charge in [0.15, 0.2) is 10.6 Å². The van der Waals surface area contributed by atoms with Crippen molar-refractivity contribution >= 4 is 57.7 Å². The summed E-state index contributed by atoms with van der Waals surface area (Å²) in [5.74, 6) is 0.721. The third-order valence-electron chi connectivity index (χ3n) is 3.19. The molecule has 2 N–H and O–H groups in total. The van der Waals surface area contributed by atoms with Crippen molar-refractivity contribution in [3.05, 3.63) is 50.1 Å². The van der Waals surface area contributed by atoms with Gasteiger partial charge in [0, 0.05) is 22.2 Å². The average molecular weight is 456 g/mol. The van der Waals surface area contributed by atoms with E-state index in [1.807, 2.05) is 46.3 Å². The number of aromatic amines is 1. The van der Waals surface area contributed by atoms with E-state index in [0.29, 0.717) is 17.7 Å². The minimum absolute atomic E-state index is 0.0496. The molecule has 0 atom stereocenters. The highest BCUT2D eigenvalue weighted by atomic mass is 127. The normalized spacial score (nSPS) is 10.7. The molecule has 0 saturated carbocycles. The smallest absolute Gasteiger partial charge is 0.226 e. The predicted molar refractivity (Wildman–Crippen MR) is 103 cm³/mol. The van der Waals surface area contributed by atoms with E-state index in [-0.39, 0.29) is 5.91 Å². The molecule has 2 aromatic heterocycles. The number of carbonyl (C=O) groups is 1. The largest absolute Gasteiger partial charge is 0.326 e. The van der Waals surface area contributed by atoms with E-state index >= 15 is 0 Å². The topological polar surface area (TPSA) is 62.7 Å². The highest BCUT2D eigenvalue weighted by Gasteiger charge is 2.11. The molecule has 0 bridgehead atoms. The van der Waals surface area contributed by atoms with Gasteiger partial charge in [-0.1, -0.05) is 6.07 Å². The maximum atomic E-state index is 12.1. The molecule has 8 heteroatoms. The fraction of sp³-hybridized carbons (Fsp3) is 0.133. The second-order valence-corrected chi connectivity index (χ2v) is 7.37. The van der Waals surface area contributed by atoms with E-state index in [4.69, 9.17) is 12.2 Å². The lowest BCUT2D eigenvalue weighted by molar-refractivity contribution is -0.116. The van der Waals surface area contributed by atoms with E-state index in [2.05, 4.69) is 38.1 Å². The van der Waals surface area contributed by atoms with E-state index in [9.17, 15) is 4.79 Å². The maximum Gasteiger partial charge on any atom is 0.226 e. The van der Waals surface area contributed by atoms with Crippen LogP contribution in [-0.4, -0.2) is 20.7 Å². The van der Waals surface area contributed by atoms with Crippen LogP contribution in [0.25, 0.3) is 10.7 Å². The second-order valence-electron chi connectivity index (χ2n) is 4.79. The van der Waals surface area contributed by atoms with Crippen molar-refractivity contribution in [2.75, 3.05) is 5.32 Å². The van der Waals surface area contributed by atoms with E-state index in [1.165, 1.54) is 0 Å². The Morgan fingerprint density at radius 3 is 2.83 bits per heavy atom. The van der Waals surface area contributed by atoms with Crippen LogP contribution in [0.1, 0.15) is 6.42 Å². The van der Waals surface area contributed by atoms with Crippen LogP contribution >= 0.6 is 46.1 Å². The van der Waals surface area contributed by atoms with Crippen LogP contribution in [0, 0.1) is 8.34 Å². The number of halogens is 1. The van der Waals surface area contributed by atoms with Gasteiger partial charge in [-0.15, -0.1) is 11.3 Å². The van der Waals surface area contributed by atoms with Crippen LogP contribution < -0.4 is 5.32 Å². The molecule has 2 heterocycles. The van der Waals surface area contributed by atoms with Crippen molar-refractivity contribution in [1.29, 1.82) is 0 Å². The Labute approximate surface area is 155 Å². The van der Waals surface area contributed by atoms with Gasteiger partial charge in [0.2, 0.25) is 5.91 Å². The summed E-state index contributed by atoms with van der Waals surface area (Å²) in [4.78, 5) is 13.1. The number of anilines is 1. The highest BCUT2D eigenvalue weighted by Crippen LogP contribution is 2.23. The van der Waals surface area contributed by atoms with Crippen molar-refractivity contribution in [2.45, 2.75) is 13.0 Å². The number of hydrogen-bond acceptors (Lipinski definition) is 4. The molecule has 5 nitrogen and oxygen atoms in total. The van der Waals surface area contributed by atoms with Gasteiger partial charge < -0.3 is 5.32 Å². The summed E-state index contributed by atoms with van der Waals surface area (Å²) in [7, 11) is 0. The number of nitrogens with one attached hydrogen (secondary N) is 2. The Bertz CT molecular complexity index is 852. The standard InChI is InChI=1S/C15H13IN4OS2/c16-10-3-5-11(6-4-10)17-13(21)7-8-20-14(18-19-15(20)22)12-2-1-9-23-12/h1-6,9H,7-8H2,(H,17,21)(H,19,22). The third-order valence-corrected chi connectivity index (χ3v) is 5.09. The lowest BCUT2D eigenvalue weighted by atomic mass is 10.3. The van der Waals surface area contributed by atoms with Crippen molar-refractivity contribution in [3.63, 3.8) is 0 Å². The van der Waals surface area contributed by atoms with Crippen molar-refractivity contribution in [1.82, 2.24) is 14.8 Å². The minimum Gasteiger partial charge on any atom is -0.326 e. The molecule has 118 valence electrons. The molecular formula is C15H13IN4OS2. The Kier molecular flexibility index (Phi) is 5.23. The molecule has 0 spiro atoms. The fourth-order valence-electron chi connectivity index (χ4n) is 2.09. The molecule has 0 radical (unpaired) electrons. The number of carbonyl (C=O) groups excluding carboxylic acids is 1. The molecule has 3 aromatic rings. The third kappa shape index (κ3) is 4.06. The number of benzene rings is 1. The molecule has 1 amide bonds. The van der Waals surface area contributed by atoms with Crippen molar-refractivity contribution in [2.24, 2.45) is 0 Å². The van der Waals surface area contributed by atoms with Gasteiger partial charge in [0.05, 0.1) is 4.88 Å². The molecule has 0 aliphatic carbocycles. The lowest BCUT2D eigenvalue weighted by Gasteiger charge is -2.07. The van der Waals surface area contributed by atoms with Crippen LogP contribution in [0.15, 0.2) is 41.8 Å². The molecule has 0 fully saturated rings. The maximum absolute atomic E-state index is 12.1. The summed E-state index contributed by atoms with van der Waals surface area (Å²) in [6.07, 6.45) is 0.332. The Morgan fingerprint density at radius 1 is 1.35 bits per heavy atom. The van der Waals surface area contributed by atoms with Gasteiger partial charge in [-0.2, -0.15) is 5.10 Å². The number of rotatable bonds is 5. The first-order chi connectivity index (χ1) is 11.1. The van der Waals surface area contributed by atoms with Crippen LogP contribution in [-0.2, 0) is 11.3 Å². The van der Waals surface area contributed by atoms with Crippen LogP contribution in [0.3, 0.4) is 0 Å².